The molecule has 1 rings (SSSR count). The van der Waals surface area contributed by atoms with Crippen molar-refractivity contribution < 1.29 is 0 Å². The second-order valence-corrected chi connectivity index (χ2v) is 5.64. The van der Waals surface area contributed by atoms with Gasteiger partial charge in [-0.2, -0.15) is 11.3 Å². The summed E-state index contributed by atoms with van der Waals surface area (Å²) in [6.07, 6.45) is 0. The fraction of sp³-hybridized carbons (Fsp3) is 0.636. The Bertz CT molecular complexity index is 283. The molecule has 0 fully saturated rings. The van der Waals surface area contributed by atoms with Gasteiger partial charge < -0.3 is 5.32 Å². The molecule has 0 bridgehead atoms. The fourth-order valence-corrected chi connectivity index (χ4v) is 3.18. The van der Waals surface area contributed by atoms with Crippen LogP contribution in [0.2, 0.25) is 0 Å². The van der Waals surface area contributed by atoms with Crippen LogP contribution in [-0.4, -0.2) is 7.05 Å². The third-order valence-electron chi connectivity index (χ3n) is 2.87. The molecule has 2 unspecified atom stereocenters. The zero-order valence-electron chi connectivity index (χ0n) is 9.17. The molecule has 2 atom stereocenters. The summed E-state index contributed by atoms with van der Waals surface area (Å²) in [5.41, 5.74) is 1.39. The van der Waals surface area contributed by atoms with Gasteiger partial charge in [-0.25, -0.2) is 0 Å². The Morgan fingerprint density at radius 3 is 2.29 bits per heavy atom. The third-order valence-corrected chi connectivity index (χ3v) is 4.62. The van der Waals surface area contributed by atoms with Crippen molar-refractivity contribution in [2.75, 3.05) is 7.05 Å². The molecule has 1 N–H and O–H groups in total. The standard InChI is InChI=1S/C11H18BrNS/c1-7(2)8(3)11(13-4)9-5-14-6-10(9)12/h5-8,11,13H,1-4H3. The SMILES string of the molecule is CNC(c1cscc1Br)C(C)C(C)C. The normalized spacial score (nSPS) is 15.9. The number of nitrogens with one attached hydrogen (secondary N) is 1. The lowest BCUT2D eigenvalue weighted by atomic mass is 9.87. The molecule has 1 nitrogen and oxygen atoms in total. The van der Waals surface area contributed by atoms with E-state index in [1.807, 2.05) is 7.05 Å². The fourth-order valence-electron chi connectivity index (χ4n) is 1.60. The highest BCUT2D eigenvalue weighted by molar-refractivity contribution is 9.10. The molecule has 0 amide bonds. The van der Waals surface area contributed by atoms with E-state index in [-0.39, 0.29) is 0 Å². The number of halogens is 1. The number of rotatable bonds is 4. The van der Waals surface area contributed by atoms with Crippen molar-refractivity contribution in [3.8, 4) is 0 Å². The molecule has 14 heavy (non-hydrogen) atoms. The molecule has 0 saturated heterocycles. The van der Waals surface area contributed by atoms with Crippen LogP contribution in [-0.2, 0) is 0 Å². The summed E-state index contributed by atoms with van der Waals surface area (Å²) < 4.78 is 1.23. The first-order chi connectivity index (χ1) is 6.57. The van der Waals surface area contributed by atoms with Crippen LogP contribution in [0.3, 0.4) is 0 Å². The lowest BCUT2D eigenvalue weighted by molar-refractivity contribution is 0.317. The van der Waals surface area contributed by atoms with Crippen LogP contribution in [0.25, 0.3) is 0 Å². The van der Waals surface area contributed by atoms with E-state index < -0.39 is 0 Å². The lowest BCUT2D eigenvalue weighted by Crippen LogP contribution is -2.26. The van der Waals surface area contributed by atoms with E-state index >= 15 is 0 Å². The number of hydrogen-bond acceptors (Lipinski definition) is 2. The minimum Gasteiger partial charge on any atom is -0.313 e. The first-order valence-corrected chi connectivity index (χ1v) is 6.70. The molecular formula is C11H18BrNS. The van der Waals surface area contributed by atoms with Gasteiger partial charge in [0.05, 0.1) is 0 Å². The van der Waals surface area contributed by atoms with Crippen molar-refractivity contribution in [1.29, 1.82) is 0 Å². The maximum atomic E-state index is 3.60. The van der Waals surface area contributed by atoms with Crippen LogP contribution in [0.15, 0.2) is 15.2 Å². The second-order valence-electron chi connectivity index (χ2n) is 4.04. The van der Waals surface area contributed by atoms with Crippen molar-refractivity contribution in [2.45, 2.75) is 26.8 Å². The van der Waals surface area contributed by atoms with E-state index in [0.717, 1.165) is 0 Å². The highest BCUT2D eigenvalue weighted by atomic mass is 79.9. The molecular weight excluding hydrogens is 258 g/mol. The zero-order valence-corrected chi connectivity index (χ0v) is 11.6. The number of hydrogen-bond donors (Lipinski definition) is 1. The van der Waals surface area contributed by atoms with Crippen molar-refractivity contribution in [1.82, 2.24) is 5.32 Å². The van der Waals surface area contributed by atoms with Crippen molar-refractivity contribution in [2.24, 2.45) is 11.8 Å². The Kier molecular flexibility index (Phi) is 4.61. The summed E-state index contributed by atoms with van der Waals surface area (Å²) in [6, 6.07) is 0.454. The quantitative estimate of drug-likeness (QED) is 0.874. The molecule has 1 aromatic heterocycles. The maximum absolute atomic E-state index is 3.60. The first-order valence-electron chi connectivity index (χ1n) is 4.96. The molecule has 80 valence electrons. The van der Waals surface area contributed by atoms with Gasteiger partial charge in [-0.15, -0.1) is 0 Å². The van der Waals surface area contributed by atoms with Gasteiger partial charge in [-0.1, -0.05) is 20.8 Å². The molecule has 1 aromatic rings. The summed E-state index contributed by atoms with van der Waals surface area (Å²) in [4.78, 5) is 0. The molecule has 0 radical (unpaired) electrons. The average molecular weight is 276 g/mol. The molecule has 0 saturated carbocycles. The van der Waals surface area contributed by atoms with Gasteiger partial charge in [0, 0.05) is 15.9 Å². The molecule has 0 aliphatic carbocycles. The topological polar surface area (TPSA) is 12.0 Å². The van der Waals surface area contributed by atoms with Crippen molar-refractivity contribution in [3.05, 3.63) is 20.8 Å². The molecule has 0 spiro atoms. The lowest BCUT2D eigenvalue weighted by Gasteiger charge is -2.26. The van der Waals surface area contributed by atoms with Crippen LogP contribution in [0.4, 0.5) is 0 Å². The second kappa shape index (κ2) is 5.29. The minimum atomic E-state index is 0.454. The average Bonchev–Trinajstić information content (AvgIpc) is 2.53. The molecule has 1 heterocycles. The summed E-state index contributed by atoms with van der Waals surface area (Å²) in [5.74, 6) is 1.34. The minimum absolute atomic E-state index is 0.454. The Morgan fingerprint density at radius 2 is 1.93 bits per heavy atom. The molecule has 0 aliphatic heterocycles. The predicted octanol–water partition coefficient (Wildman–Crippen LogP) is 4.06. The highest BCUT2D eigenvalue weighted by Crippen LogP contribution is 2.34. The smallest absolute Gasteiger partial charge is 0.0365 e. The van der Waals surface area contributed by atoms with Gasteiger partial charge in [-0.3, -0.25) is 0 Å². The van der Waals surface area contributed by atoms with E-state index in [1.54, 1.807) is 11.3 Å². The predicted molar refractivity (Wildman–Crippen MR) is 67.8 cm³/mol. The van der Waals surface area contributed by atoms with Gasteiger partial charge in [0.15, 0.2) is 0 Å². The van der Waals surface area contributed by atoms with Crippen molar-refractivity contribution in [3.63, 3.8) is 0 Å². The number of thiophene rings is 1. The van der Waals surface area contributed by atoms with Gasteiger partial charge >= 0.3 is 0 Å². The van der Waals surface area contributed by atoms with E-state index in [4.69, 9.17) is 0 Å². The van der Waals surface area contributed by atoms with Crippen molar-refractivity contribution >= 4 is 27.3 Å². The van der Waals surface area contributed by atoms with Gasteiger partial charge in [0.1, 0.15) is 0 Å². The van der Waals surface area contributed by atoms with E-state index in [1.165, 1.54) is 10.0 Å². The summed E-state index contributed by atoms with van der Waals surface area (Å²) >= 11 is 5.35. The van der Waals surface area contributed by atoms with Crippen LogP contribution in [0.5, 0.6) is 0 Å². The highest BCUT2D eigenvalue weighted by Gasteiger charge is 2.22. The van der Waals surface area contributed by atoms with Crippen LogP contribution >= 0.6 is 27.3 Å². The van der Waals surface area contributed by atoms with Crippen LogP contribution in [0, 0.1) is 11.8 Å². The van der Waals surface area contributed by atoms with Crippen LogP contribution < -0.4 is 5.32 Å². The van der Waals surface area contributed by atoms with Gasteiger partial charge in [0.25, 0.3) is 0 Å². The van der Waals surface area contributed by atoms with Gasteiger partial charge in [0.2, 0.25) is 0 Å². The van der Waals surface area contributed by atoms with E-state index in [0.29, 0.717) is 17.9 Å². The summed E-state index contributed by atoms with van der Waals surface area (Å²) in [6.45, 7) is 6.85. The Hall–Kier alpha value is 0.140. The monoisotopic (exact) mass is 275 g/mol. The van der Waals surface area contributed by atoms with E-state index in [9.17, 15) is 0 Å². The zero-order chi connectivity index (χ0) is 10.7. The molecule has 0 aliphatic rings. The Balaban J connectivity index is 2.87. The van der Waals surface area contributed by atoms with Gasteiger partial charge in [-0.05, 0) is 45.8 Å². The Labute approximate surface area is 99.0 Å². The maximum Gasteiger partial charge on any atom is 0.0365 e. The summed E-state index contributed by atoms with van der Waals surface area (Å²) in [7, 11) is 2.04. The first kappa shape index (κ1) is 12.2. The largest absolute Gasteiger partial charge is 0.313 e. The third kappa shape index (κ3) is 2.59. The van der Waals surface area contributed by atoms with E-state index in [2.05, 4.69) is 52.8 Å². The summed E-state index contributed by atoms with van der Waals surface area (Å²) in [5, 5.41) is 7.77. The molecule has 0 aromatic carbocycles. The molecule has 3 heteroatoms. The Morgan fingerprint density at radius 1 is 1.29 bits per heavy atom. The van der Waals surface area contributed by atoms with Crippen LogP contribution in [0.1, 0.15) is 32.4 Å².